The normalized spacial score (nSPS) is 17.8. The van der Waals surface area contributed by atoms with Crippen molar-refractivity contribution in [3.63, 3.8) is 0 Å². The molecule has 6 heteroatoms. The molecule has 1 saturated heterocycles. The molecule has 0 bridgehead atoms. The van der Waals surface area contributed by atoms with Gasteiger partial charge in [-0.15, -0.1) is 0 Å². The fourth-order valence-electron chi connectivity index (χ4n) is 3.94. The van der Waals surface area contributed by atoms with Crippen LogP contribution in [-0.2, 0) is 17.7 Å². The van der Waals surface area contributed by atoms with Gasteiger partial charge in [0, 0.05) is 37.5 Å². The van der Waals surface area contributed by atoms with E-state index in [4.69, 9.17) is 4.74 Å². The minimum atomic E-state index is -0.200. The van der Waals surface area contributed by atoms with Gasteiger partial charge in [0.1, 0.15) is 0 Å². The van der Waals surface area contributed by atoms with Gasteiger partial charge < -0.3 is 20.3 Å². The Labute approximate surface area is 171 Å². The summed E-state index contributed by atoms with van der Waals surface area (Å²) in [5, 5.41) is 5.75. The second kappa shape index (κ2) is 8.66. The molecule has 1 unspecified atom stereocenters. The zero-order valence-electron chi connectivity index (χ0n) is 16.7. The van der Waals surface area contributed by atoms with E-state index in [0.29, 0.717) is 25.2 Å². The lowest BCUT2D eigenvalue weighted by atomic mass is 10.1. The first kappa shape index (κ1) is 19.5. The summed E-state index contributed by atoms with van der Waals surface area (Å²) in [5.41, 5.74) is 4.85. The molecular formula is C23H27N3O3. The van der Waals surface area contributed by atoms with Crippen LogP contribution in [0.3, 0.4) is 0 Å². The minimum Gasteiger partial charge on any atom is -0.376 e. The van der Waals surface area contributed by atoms with Gasteiger partial charge >= 0.3 is 6.03 Å². The molecule has 152 valence electrons. The molecule has 6 nitrogen and oxygen atoms in total. The molecule has 2 heterocycles. The molecule has 2 aliphatic heterocycles. The van der Waals surface area contributed by atoms with Crippen molar-refractivity contribution in [1.82, 2.24) is 10.6 Å². The number of rotatable bonds is 5. The first-order chi connectivity index (χ1) is 14.1. The lowest BCUT2D eigenvalue weighted by molar-refractivity contribution is 0.0989. The van der Waals surface area contributed by atoms with Gasteiger partial charge in [-0.1, -0.05) is 29.8 Å². The summed E-state index contributed by atoms with van der Waals surface area (Å²) >= 11 is 0. The van der Waals surface area contributed by atoms with Gasteiger partial charge in [0.05, 0.1) is 6.10 Å². The number of hydrogen-bond acceptors (Lipinski definition) is 3. The molecule has 0 radical (unpaired) electrons. The number of anilines is 1. The van der Waals surface area contributed by atoms with Crippen LogP contribution in [0.5, 0.6) is 0 Å². The van der Waals surface area contributed by atoms with Gasteiger partial charge in [0.25, 0.3) is 5.91 Å². The number of carbonyl (C=O) groups is 2. The summed E-state index contributed by atoms with van der Waals surface area (Å²) < 4.78 is 5.51. The van der Waals surface area contributed by atoms with Crippen molar-refractivity contribution < 1.29 is 14.3 Å². The molecule has 2 aromatic carbocycles. The second-order valence-electron chi connectivity index (χ2n) is 7.74. The third-order valence-electron chi connectivity index (χ3n) is 5.52. The maximum absolute atomic E-state index is 13.0. The van der Waals surface area contributed by atoms with Crippen LogP contribution in [0.1, 0.15) is 39.9 Å². The summed E-state index contributed by atoms with van der Waals surface area (Å²) in [6, 6.07) is 13.6. The lowest BCUT2D eigenvalue weighted by Gasteiger charge is -2.18. The van der Waals surface area contributed by atoms with Crippen LogP contribution in [0.2, 0.25) is 0 Å². The Morgan fingerprint density at radius 3 is 2.86 bits per heavy atom. The monoisotopic (exact) mass is 393 g/mol. The number of benzene rings is 2. The third kappa shape index (κ3) is 4.59. The molecule has 29 heavy (non-hydrogen) atoms. The SMILES string of the molecule is Cc1cccc(C(=O)N2CCc3ccc(CNC(=O)NCC4CCCO4)cc32)c1. The van der Waals surface area contributed by atoms with Gasteiger partial charge in [-0.25, -0.2) is 4.79 Å². The fourth-order valence-corrected chi connectivity index (χ4v) is 3.94. The van der Waals surface area contributed by atoms with Gasteiger partial charge in [-0.05, 0) is 55.5 Å². The van der Waals surface area contributed by atoms with E-state index in [2.05, 4.69) is 16.7 Å². The number of amides is 3. The van der Waals surface area contributed by atoms with Gasteiger partial charge in [-0.3, -0.25) is 4.79 Å². The van der Waals surface area contributed by atoms with E-state index in [-0.39, 0.29) is 18.0 Å². The molecule has 0 saturated carbocycles. The number of nitrogens with zero attached hydrogens (tertiary/aromatic N) is 1. The van der Waals surface area contributed by atoms with Crippen LogP contribution >= 0.6 is 0 Å². The lowest BCUT2D eigenvalue weighted by Crippen LogP contribution is -2.39. The highest BCUT2D eigenvalue weighted by Gasteiger charge is 2.26. The highest BCUT2D eigenvalue weighted by molar-refractivity contribution is 6.07. The zero-order chi connectivity index (χ0) is 20.2. The van der Waals surface area contributed by atoms with Gasteiger partial charge in [-0.2, -0.15) is 0 Å². The van der Waals surface area contributed by atoms with Crippen molar-refractivity contribution in [2.45, 2.75) is 38.8 Å². The van der Waals surface area contributed by atoms with Gasteiger partial charge in [0.2, 0.25) is 0 Å². The Hall–Kier alpha value is -2.86. The van der Waals surface area contributed by atoms with E-state index in [0.717, 1.165) is 48.2 Å². The van der Waals surface area contributed by atoms with Crippen LogP contribution in [-0.4, -0.2) is 37.7 Å². The van der Waals surface area contributed by atoms with Crippen molar-refractivity contribution in [1.29, 1.82) is 0 Å². The zero-order valence-corrected chi connectivity index (χ0v) is 16.7. The van der Waals surface area contributed by atoms with E-state index in [1.54, 1.807) is 0 Å². The standard InChI is InChI=1S/C23H27N3O3/c1-16-4-2-5-19(12-16)22(27)26-10-9-18-8-7-17(13-21(18)26)14-24-23(28)25-15-20-6-3-11-29-20/h2,4-5,7-8,12-13,20H,3,6,9-11,14-15H2,1H3,(H2,24,25,28). The van der Waals surface area contributed by atoms with E-state index in [1.807, 2.05) is 48.2 Å². The van der Waals surface area contributed by atoms with E-state index < -0.39 is 0 Å². The predicted octanol–water partition coefficient (Wildman–Crippen LogP) is 3.18. The van der Waals surface area contributed by atoms with Crippen molar-refractivity contribution >= 4 is 17.6 Å². The molecule has 1 atom stereocenters. The molecule has 0 aromatic heterocycles. The average molecular weight is 393 g/mol. The van der Waals surface area contributed by atoms with Crippen LogP contribution in [0.25, 0.3) is 0 Å². The van der Waals surface area contributed by atoms with E-state index in [1.165, 1.54) is 0 Å². The molecule has 4 rings (SSSR count). The quantitative estimate of drug-likeness (QED) is 0.820. The van der Waals surface area contributed by atoms with Crippen LogP contribution in [0.4, 0.5) is 10.5 Å². The molecule has 2 aromatic rings. The summed E-state index contributed by atoms with van der Waals surface area (Å²) in [6.07, 6.45) is 3.03. The summed E-state index contributed by atoms with van der Waals surface area (Å²) in [5.74, 6) is 0.0202. The Bertz CT molecular complexity index is 906. The number of carbonyl (C=O) groups excluding carboxylic acids is 2. The van der Waals surface area contributed by atoms with Crippen LogP contribution in [0, 0.1) is 6.92 Å². The number of hydrogen-bond donors (Lipinski definition) is 2. The number of ether oxygens (including phenoxy) is 1. The van der Waals surface area contributed by atoms with Crippen molar-refractivity contribution in [3.05, 3.63) is 64.7 Å². The first-order valence-corrected chi connectivity index (χ1v) is 10.2. The maximum Gasteiger partial charge on any atom is 0.315 e. The largest absolute Gasteiger partial charge is 0.376 e. The van der Waals surface area contributed by atoms with Crippen LogP contribution in [0.15, 0.2) is 42.5 Å². The topological polar surface area (TPSA) is 70.7 Å². The third-order valence-corrected chi connectivity index (χ3v) is 5.52. The number of aryl methyl sites for hydroxylation is 1. The molecule has 2 N–H and O–H groups in total. The summed E-state index contributed by atoms with van der Waals surface area (Å²) in [6.45, 7) is 4.40. The molecule has 0 spiro atoms. The summed E-state index contributed by atoms with van der Waals surface area (Å²) in [7, 11) is 0. The Morgan fingerprint density at radius 1 is 1.17 bits per heavy atom. The Morgan fingerprint density at radius 2 is 2.07 bits per heavy atom. The van der Waals surface area contributed by atoms with E-state index in [9.17, 15) is 9.59 Å². The number of urea groups is 1. The van der Waals surface area contributed by atoms with Crippen molar-refractivity contribution in [2.24, 2.45) is 0 Å². The van der Waals surface area contributed by atoms with Crippen LogP contribution < -0.4 is 15.5 Å². The Kier molecular flexibility index (Phi) is 5.81. The molecule has 0 aliphatic carbocycles. The number of nitrogens with one attached hydrogen (secondary N) is 2. The molecule has 1 fully saturated rings. The molecule has 3 amide bonds. The fraction of sp³-hybridized carbons (Fsp3) is 0.391. The smallest absolute Gasteiger partial charge is 0.315 e. The highest BCUT2D eigenvalue weighted by atomic mass is 16.5. The van der Waals surface area contributed by atoms with Crippen molar-refractivity contribution in [2.75, 3.05) is 24.6 Å². The first-order valence-electron chi connectivity index (χ1n) is 10.2. The van der Waals surface area contributed by atoms with E-state index >= 15 is 0 Å². The highest BCUT2D eigenvalue weighted by Crippen LogP contribution is 2.30. The average Bonchev–Trinajstić information content (AvgIpc) is 3.39. The van der Waals surface area contributed by atoms with Gasteiger partial charge in [0.15, 0.2) is 0 Å². The maximum atomic E-state index is 13.0. The second-order valence-corrected chi connectivity index (χ2v) is 7.74. The molecule has 2 aliphatic rings. The summed E-state index contributed by atoms with van der Waals surface area (Å²) in [4.78, 5) is 26.9. The molecular weight excluding hydrogens is 366 g/mol. The predicted molar refractivity (Wildman–Crippen MR) is 112 cm³/mol. The minimum absolute atomic E-state index is 0.0202. The Balaban J connectivity index is 1.38. The van der Waals surface area contributed by atoms with Crippen molar-refractivity contribution in [3.8, 4) is 0 Å². The number of fused-ring (bicyclic) bond motifs is 1.